The Hall–Kier alpha value is -1.32. The highest BCUT2D eigenvalue weighted by molar-refractivity contribution is 5.83. The topological polar surface area (TPSA) is 57.6 Å². The summed E-state index contributed by atoms with van der Waals surface area (Å²) >= 11 is 0. The van der Waals surface area contributed by atoms with Crippen LogP contribution < -0.4 is 0 Å². The number of aliphatic carboxylic acids is 1. The molecule has 0 aromatic rings. The van der Waals surface area contributed by atoms with Crippen LogP contribution in [-0.4, -0.2) is 35.0 Å². The van der Waals surface area contributed by atoms with Gasteiger partial charge in [-0.2, -0.15) is 0 Å². The quantitative estimate of drug-likeness (QED) is 0.187. The fraction of sp³-hybridized carbons (Fsp3) is 0.833. The van der Waals surface area contributed by atoms with Gasteiger partial charge in [0, 0.05) is 19.0 Å². The normalized spacial score (nSPS) is 11.9. The van der Waals surface area contributed by atoms with Crippen LogP contribution >= 0.6 is 0 Å². The highest BCUT2D eigenvalue weighted by Gasteiger charge is 2.24. The largest absolute Gasteiger partial charge is 0.481 e. The summed E-state index contributed by atoms with van der Waals surface area (Å²) in [5.74, 6) is -1.22. The molecule has 0 heterocycles. The highest BCUT2D eigenvalue weighted by Crippen LogP contribution is 2.19. The molecule has 0 aliphatic heterocycles. The SMILES string of the molecule is C=CCCCCCCCCCCCCCCC(CC(=O)O)C(=O)N(CC)CC. The average Bonchev–Trinajstić information content (AvgIpc) is 2.67. The highest BCUT2D eigenvalue weighted by atomic mass is 16.4. The number of carboxylic acid groups (broad SMARTS) is 1. The lowest BCUT2D eigenvalue weighted by molar-refractivity contribution is -0.144. The second-order valence-corrected chi connectivity index (χ2v) is 7.91. The van der Waals surface area contributed by atoms with Crippen LogP contribution in [-0.2, 0) is 9.59 Å². The Bertz CT molecular complexity index is 405. The number of allylic oxidation sites excluding steroid dienone is 1. The van der Waals surface area contributed by atoms with E-state index in [9.17, 15) is 9.59 Å². The third-order valence-corrected chi connectivity index (χ3v) is 5.56. The number of carboxylic acids is 1. The van der Waals surface area contributed by atoms with E-state index in [0.717, 1.165) is 19.3 Å². The zero-order chi connectivity index (χ0) is 21.0. The zero-order valence-corrected chi connectivity index (χ0v) is 18.6. The Morgan fingerprint density at radius 1 is 0.821 bits per heavy atom. The second kappa shape index (κ2) is 19.0. The van der Waals surface area contributed by atoms with Gasteiger partial charge in [0.2, 0.25) is 5.91 Å². The van der Waals surface area contributed by atoms with E-state index in [2.05, 4.69) is 6.58 Å². The first kappa shape index (κ1) is 26.7. The lowest BCUT2D eigenvalue weighted by Gasteiger charge is -2.24. The molecule has 4 nitrogen and oxygen atoms in total. The van der Waals surface area contributed by atoms with Crippen LogP contribution in [0.5, 0.6) is 0 Å². The molecule has 164 valence electrons. The van der Waals surface area contributed by atoms with Gasteiger partial charge in [0.25, 0.3) is 0 Å². The summed E-state index contributed by atoms with van der Waals surface area (Å²) in [6, 6.07) is 0. The number of amides is 1. The van der Waals surface area contributed by atoms with Gasteiger partial charge in [0.1, 0.15) is 0 Å². The van der Waals surface area contributed by atoms with E-state index >= 15 is 0 Å². The van der Waals surface area contributed by atoms with Crippen LogP contribution in [0, 0.1) is 5.92 Å². The average molecular weight is 396 g/mol. The molecule has 0 saturated carbocycles. The smallest absolute Gasteiger partial charge is 0.304 e. The van der Waals surface area contributed by atoms with Crippen LogP contribution in [0.25, 0.3) is 0 Å². The van der Waals surface area contributed by atoms with E-state index in [1.54, 1.807) is 4.90 Å². The molecule has 0 aliphatic rings. The number of nitrogens with zero attached hydrogens (tertiary/aromatic N) is 1. The van der Waals surface area contributed by atoms with Gasteiger partial charge in [-0.3, -0.25) is 9.59 Å². The lowest BCUT2D eigenvalue weighted by Crippen LogP contribution is -2.36. The summed E-state index contributed by atoms with van der Waals surface area (Å²) in [5.41, 5.74) is 0. The maximum Gasteiger partial charge on any atom is 0.304 e. The van der Waals surface area contributed by atoms with Crippen molar-refractivity contribution < 1.29 is 14.7 Å². The van der Waals surface area contributed by atoms with Crippen molar-refractivity contribution in [3.05, 3.63) is 12.7 Å². The van der Waals surface area contributed by atoms with Crippen molar-refractivity contribution in [2.45, 2.75) is 110 Å². The molecular formula is C24H45NO3. The molecule has 1 unspecified atom stereocenters. The van der Waals surface area contributed by atoms with Gasteiger partial charge in [0.15, 0.2) is 0 Å². The molecule has 28 heavy (non-hydrogen) atoms. The molecule has 0 spiro atoms. The van der Waals surface area contributed by atoms with Crippen molar-refractivity contribution in [1.82, 2.24) is 4.90 Å². The van der Waals surface area contributed by atoms with Crippen LogP contribution in [0.15, 0.2) is 12.7 Å². The van der Waals surface area contributed by atoms with E-state index in [-0.39, 0.29) is 18.2 Å². The predicted molar refractivity (Wildman–Crippen MR) is 119 cm³/mol. The van der Waals surface area contributed by atoms with Crippen LogP contribution in [0.4, 0.5) is 0 Å². The first-order valence-corrected chi connectivity index (χ1v) is 11.7. The van der Waals surface area contributed by atoms with Crippen molar-refractivity contribution >= 4 is 11.9 Å². The van der Waals surface area contributed by atoms with E-state index in [4.69, 9.17) is 5.11 Å². The summed E-state index contributed by atoms with van der Waals surface area (Å²) in [7, 11) is 0. The second-order valence-electron chi connectivity index (χ2n) is 7.91. The molecule has 0 aliphatic carbocycles. The molecule has 1 amide bonds. The molecule has 1 atom stereocenters. The van der Waals surface area contributed by atoms with Gasteiger partial charge in [-0.05, 0) is 33.1 Å². The van der Waals surface area contributed by atoms with E-state index in [1.165, 1.54) is 64.2 Å². The first-order chi connectivity index (χ1) is 13.6. The number of rotatable bonds is 20. The Balaban J connectivity index is 3.70. The van der Waals surface area contributed by atoms with Crippen molar-refractivity contribution in [2.24, 2.45) is 5.92 Å². The molecule has 0 bridgehead atoms. The first-order valence-electron chi connectivity index (χ1n) is 11.7. The van der Waals surface area contributed by atoms with Gasteiger partial charge in [0.05, 0.1) is 6.42 Å². The summed E-state index contributed by atoms with van der Waals surface area (Å²) in [5, 5.41) is 9.10. The van der Waals surface area contributed by atoms with Crippen molar-refractivity contribution in [3.8, 4) is 0 Å². The maximum atomic E-state index is 12.5. The van der Waals surface area contributed by atoms with E-state index in [0.29, 0.717) is 19.5 Å². The molecule has 1 N–H and O–H groups in total. The Morgan fingerprint density at radius 2 is 1.25 bits per heavy atom. The fourth-order valence-corrected chi connectivity index (χ4v) is 3.76. The Kier molecular flexibility index (Phi) is 18.1. The number of carbonyl (C=O) groups excluding carboxylic acids is 1. The van der Waals surface area contributed by atoms with Crippen molar-refractivity contribution in [2.75, 3.05) is 13.1 Å². The number of hydrogen-bond acceptors (Lipinski definition) is 2. The molecule has 0 aromatic carbocycles. The summed E-state index contributed by atoms with van der Waals surface area (Å²) in [6.45, 7) is 8.96. The van der Waals surface area contributed by atoms with Gasteiger partial charge < -0.3 is 10.0 Å². The van der Waals surface area contributed by atoms with Gasteiger partial charge >= 0.3 is 5.97 Å². The molecule has 0 fully saturated rings. The molecule has 0 aromatic heterocycles. The Labute approximate surface area is 173 Å². The number of hydrogen-bond donors (Lipinski definition) is 1. The van der Waals surface area contributed by atoms with Gasteiger partial charge in [-0.1, -0.05) is 76.7 Å². The predicted octanol–water partition coefficient (Wildman–Crippen LogP) is 6.59. The monoisotopic (exact) mass is 395 g/mol. The minimum absolute atomic E-state index is 0.0110. The van der Waals surface area contributed by atoms with Gasteiger partial charge in [-0.15, -0.1) is 6.58 Å². The van der Waals surface area contributed by atoms with Gasteiger partial charge in [-0.25, -0.2) is 0 Å². The number of carbonyl (C=O) groups is 2. The van der Waals surface area contributed by atoms with Crippen molar-refractivity contribution in [3.63, 3.8) is 0 Å². The third kappa shape index (κ3) is 14.7. The van der Waals surface area contributed by atoms with Crippen molar-refractivity contribution in [1.29, 1.82) is 0 Å². The fourth-order valence-electron chi connectivity index (χ4n) is 3.76. The zero-order valence-electron chi connectivity index (χ0n) is 18.6. The standard InChI is InChI=1S/C24H45NO3/c1-4-7-8-9-10-11-12-13-14-15-16-17-18-19-20-22(21-23(26)27)24(28)25(5-2)6-3/h4,22H,1,5-21H2,2-3H3,(H,26,27). The molecule has 4 heteroatoms. The van der Waals surface area contributed by atoms with E-state index in [1.807, 2.05) is 19.9 Å². The van der Waals surface area contributed by atoms with E-state index < -0.39 is 5.97 Å². The van der Waals surface area contributed by atoms with Crippen LogP contribution in [0.2, 0.25) is 0 Å². The molecule has 0 rings (SSSR count). The molecule has 0 radical (unpaired) electrons. The lowest BCUT2D eigenvalue weighted by atomic mass is 9.95. The number of unbranched alkanes of at least 4 members (excludes halogenated alkanes) is 12. The molecular weight excluding hydrogens is 350 g/mol. The third-order valence-electron chi connectivity index (χ3n) is 5.56. The minimum Gasteiger partial charge on any atom is -0.481 e. The maximum absolute atomic E-state index is 12.5. The van der Waals surface area contributed by atoms with Crippen LogP contribution in [0.1, 0.15) is 110 Å². The minimum atomic E-state index is -0.869. The summed E-state index contributed by atoms with van der Waals surface area (Å²) in [6.07, 6.45) is 19.0. The summed E-state index contributed by atoms with van der Waals surface area (Å²) in [4.78, 5) is 25.3. The Morgan fingerprint density at radius 3 is 1.64 bits per heavy atom. The van der Waals surface area contributed by atoms with Crippen LogP contribution in [0.3, 0.4) is 0 Å². The summed E-state index contributed by atoms with van der Waals surface area (Å²) < 4.78 is 0. The molecule has 0 saturated heterocycles.